The Bertz CT molecular complexity index is 21.6. The van der Waals surface area contributed by atoms with E-state index in [2.05, 4.69) is 45.2 Å². The minimum absolute atomic E-state index is 0.279. The van der Waals surface area contributed by atoms with E-state index in [9.17, 15) is 0 Å². The highest BCUT2D eigenvalue weighted by Crippen LogP contribution is 2.06. The molecule has 0 amide bonds. The lowest BCUT2D eigenvalue weighted by Gasteiger charge is -1.85. The van der Waals surface area contributed by atoms with Crippen LogP contribution in [-0.2, 0) is 0 Å². The molecule has 32 valence electrons. The van der Waals surface area contributed by atoms with Gasteiger partial charge >= 0.3 is 0 Å². The number of aliphatic hydroxyl groups is 1. The van der Waals surface area contributed by atoms with E-state index in [1.807, 2.05) is 0 Å². The van der Waals surface area contributed by atoms with Crippen LogP contribution in [0.4, 0.5) is 0 Å². The van der Waals surface area contributed by atoms with Crippen LogP contribution in [0.15, 0.2) is 0 Å². The second kappa shape index (κ2) is 3.60. The van der Waals surface area contributed by atoms with Gasteiger partial charge in [-0.25, -0.2) is 0 Å². The minimum Gasteiger partial charge on any atom is -0.394 e. The first kappa shape index (κ1) is 6.42. The summed E-state index contributed by atoms with van der Waals surface area (Å²) in [6, 6.07) is 0. The molecule has 0 aromatic heterocycles. The van der Waals surface area contributed by atoms with Crippen molar-refractivity contribution in [2.24, 2.45) is 0 Å². The van der Waals surface area contributed by atoms with Crippen molar-refractivity contribution in [2.75, 3.05) is 6.61 Å². The lowest BCUT2D eigenvalue weighted by Crippen LogP contribution is -1.88. The van der Waals surface area contributed by atoms with Gasteiger partial charge in [-0.2, -0.15) is 0 Å². The molecule has 0 heterocycles. The topological polar surface area (TPSA) is 20.2 Å². The maximum atomic E-state index is 8.13. The van der Waals surface area contributed by atoms with Crippen molar-refractivity contribution in [3.8, 4) is 0 Å². The van der Waals surface area contributed by atoms with E-state index in [-0.39, 0.29) is 6.61 Å². The Kier molecular flexibility index (Phi) is 4.63. The number of alkyl halides is 2. The monoisotopic (exact) mass is 298 g/mol. The summed E-state index contributed by atoms with van der Waals surface area (Å²) in [5.74, 6) is 0. The van der Waals surface area contributed by atoms with Crippen LogP contribution in [0.25, 0.3) is 0 Å². The molecule has 1 N–H and O–H groups in total. The van der Waals surface area contributed by atoms with Crippen molar-refractivity contribution in [2.45, 2.75) is 1.93 Å². The highest BCUT2D eigenvalue weighted by Gasteiger charge is 1.86. The first-order valence-electron chi connectivity index (χ1n) is 1.16. The third-order valence-corrected chi connectivity index (χ3v) is 0.926. The molecule has 0 spiro atoms. The third-order valence-electron chi connectivity index (χ3n) is 0.138. The number of hydrogen-bond donors (Lipinski definition) is 1. The van der Waals surface area contributed by atoms with Crippen LogP contribution in [0.1, 0.15) is 0 Å². The second-order valence-corrected chi connectivity index (χ2v) is 5.96. The molecule has 0 radical (unpaired) electrons. The highest BCUT2D eigenvalue weighted by atomic mass is 127. The van der Waals surface area contributed by atoms with Crippen molar-refractivity contribution in [1.29, 1.82) is 0 Å². The predicted octanol–water partition coefficient (Wildman–Crippen LogP) is 1.17. The van der Waals surface area contributed by atoms with Crippen molar-refractivity contribution < 1.29 is 5.11 Å². The standard InChI is InChI=1S/C2H4I2O/c3-2(4)1-5/h2,5H,1H2. The molecule has 3 heteroatoms. The zero-order chi connectivity index (χ0) is 4.28. The van der Waals surface area contributed by atoms with Crippen LogP contribution < -0.4 is 0 Å². The van der Waals surface area contributed by atoms with E-state index in [4.69, 9.17) is 5.11 Å². The van der Waals surface area contributed by atoms with Crippen molar-refractivity contribution in [3.63, 3.8) is 0 Å². The molecule has 0 saturated carbocycles. The summed E-state index contributed by atoms with van der Waals surface area (Å²) in [6.45, 7) is 0.279. The number of aliphatic hydroxyl groups excluding tert-OH is 1. The normalized spacial score (nSPS) is 9.60. The second-order valence-electron chi connectivity index (χ2n) is 0.574. The zero-order valence-electron chi connectivity index (χ0n) is 2.49. The number of halogens is 2. The average Bonchev–Trinajstić information content (AvgIpc) is 1.38. The van der Waals surface area contributed by atoms with Crippen molar-refractivity contribution in [1.82, 2.24) is 0 Å². The molecular formula is C2H4I2O. The molecule has 5 heavy (non-hydrogen) atoms. The van der Waals surface area contributed by atoms with Gasteiger partial charge in [-0.1, -0.05) is 45.2 Å². The Morgan fingerprint density at radius 3 is 1.80 bits per heavy atom. The SMILES string of the molecule is OCC(I)I. The van der Waals surface area contributed by atoms with Gasteiger partial charge in [0.25, 0.3) is 0 Å². The average molecular weight is 298 g/mol. The number of hydrogen-bond acceptors (Lipinski definition) is 1. The van der Waals surface area contributed by atoms with E-state index < -0.39 is 0 Å². The highest BCUT2D eigenvalue weighted by molar-refractivity contribution is 14.2. The van der Waals surface area contributed by atoms with Gasteiger partial charge in [-0.3, -0.25) is 0 Å². The summed E-state index contributed by atoms with van der Waals surface area (Å²) in [4.78, 5) is 0. The largest absolute Gasteiger partial charge is 0.394 e. The molecule has 0 aliphatic carbocycles. The van der Waals surface area contributed by atoms with Crippen LogP contribution in [0, 0.1) is 0 Å². The van der Waals surface area contributed by atoms with E-state index in [1.165, 1.54) is 0 Å². The lowest BCUT2D eigenvalue weighted by atomic mass is 10.9. The van der Waals surface area contributed by atoms with E-state index in [0.717, 1.165) is 0 Å². The van der Waals surface area contributed by atoms with Crippen molar-refractivity contribution in [3.05, 3.63) is 0 Å². The van der Waals surface area contributed by atoms with Gasteiger partial charge in [-0.05, 0) is 0 Å². The maximum Gasteiger partial charge on any atom is 0.0856 e. The Hall–Kier alpha value is 1.42. The maximum absolute atomic E-state index is 8.13. The van der Waals surface area contributed by atoms with Gasteiger partial charge in [0.2, 0.25) is 0 Å². The van der Waals surface area contributed by atoms with E-state index in [0.29, 0.717) is 1.93 Å². The fraction of sp³-hybridized carbons (Fsp3) is 1.00. The zero-order valence-corrected chi connectivity index (χ0v) is 6.80. The molecule has 0 unspecified atom stereocenters. The Labute approximate surface area is 58.4 Å². The summed E-state index contributed by atoms with van der Waals surface area (Å²) in [7, 11) is 0. The molecule has 0 bridgehead atoms. The van der Waals surface area contributed by atoms with Crippen LogP contribution in [-0.4, -0.2) is 13.6 Å². The van der Waals surface area contributed by atoms with Gasteiger partial charge in [0.1, 0.15) is 0 Å². The van der Waals surface area contributed by atoms with Crippen LogP contribution in [0.3, 0.4) is 0 Å². The van der Waals surface area contributed by atoms with E-state index in [1.54, 1.807) is 0 Å². The summed E-state index contributed by atoms with van der Waals surface area (Å²) >= 11 is 4.29. The molecule has 0 aliphatic heterocycles. The van der Waals surface area contributed by atoms with Crippen molar-refractivity contribution >= 4 is 45.2 Å². The minimum atomic E-state index is 0.279. The quantitative estimate of drug-likeness (QED) is 0.569. The van der Waals surface area contributed by atoms with Gasteiger partial charge in [-0.15, -0.1) is 0 Å². The molecule has 1 nitrogen and oxygen atoms in total. The van der Waals surface area contributed by atoms with Gasteiger partial charge in [0.15, 0.2) is 0 Å². The molecule has 0 fully saturated rings. The smallest absolute Gasteiger partial charge is 0.0856 e. The number of rotatable bonds is 1. The summed E-state index contributed by atoms with van der Waals surface area (Å²) in [5, 5.41) is 8.13. The molecule has 0 aromatic carbocycles. The summed E-state index contributed by atoms with van der Waals surface area (Å²) in [6.07, 6.45) is 0. The van der Waals surface area contributed by atoms with Gasteiger partial charge < -0.3 is 5.11 Å². The van der Waals surface area contributed by atoms with Gasteiger partial charge in [0, 0.05) is 0 Å². The Balaban J connectivity index is 2.54. The van der Waals surface area contributed by atoms with Crippen LogP contribution in [0.5, 0.6) is 0 Å². The molecule has 0 aromatic rings. The predicted molar refractivity (Wildman–Crippen MR) is 38.9 cm³/mol. The van der Waals surface area contributed by atoms with Gasteiger partial charge in [0.05, 0.1) is 8.54 Å². The Morgan fingerprint density at radius 1 is 1.60 bits per heavy atom. The molecule has 0 rings (SSSR count). The lowest BCUT2D eigenvalue weighted by molar-refractivity contribution is 0.322. The fourth-order valence-corrected chi connectivity index (χ4v) is 0. The molecular weight excluding hydrogens is 294 g/mol. The van der Waals surface area contributed by atoms with E-state index >= 15 is 0 Å². The molecule has 0 aliphatic rings. The first-order valence-corrected chi connectivity index (χ1v) is 3.65. The first-order chi connectivity index (χ1) is 2.27. The molecule has 0 atom stereocenters. The fourth-order valence-electron chi connectivity index (χ4n) is 0. The summed E-state index contributed by atoms with van der Waals surface area (Å²) < 4.78 is 0.380. The van der Waals surface area contributed by atoms with Crippen LogP contribution in [0.2, 0.25) is 0 Å². The Morgan fingerprint density at radius 2 is 1.80 bits per heavy atom. The third kappa shape index (κ3) is 5.42. The summed E-state index contributed by atoms with van der Waals surface area (Å²) in [5.41, 5.74) is 0. The van der Waals surface area contributed by atoms with Crippen LogP contribution >= 0.6 is 45.2 Å². The molecule has 0 saturated heterocycles.